The highest BCUT2D eigenvalue weighted by atomic mass is 32.2. The molecule has 156 valence electrons. The number of aromatic nitrogens is 1. The van der Waals surface area contributed by atoms with E-state index < -0.39 is 5.97 Å². The van der Waals surface area contributed by atoms with E-state index >= 15 is 0 Å². The summed E-state index contributed by atoms with van der Waals surface area (Å²) in [5, 5.41) is 0. The molecule has 0 N–H and O–H groups in total. The van der Waals surface area contributed by atoms with Crippen LogP contribution in [0.1, 0.15) is 36.0 Å². The molecule has 2 aromatic rings. The van der Waals surface area contributed by atoms with E-state index in [9.17, 15) is 14.4 Å². The van der Waals surface area contributed by atoms with Gasteiger partial charge >= 0.3 is 5.97 Å². The van der Waals surface area contributed by atoms with Gasteiger partial charge in [0.05, 0.1) is 34.4 Å². The van der Waals surface area contributed by atoms with Gasteiger partial charge in [-0.05, 0) is 31.0 Å². The number of rotatable bonds is 5. The van der Waals surface area contributed by atoms with Crippen molar-refractivity contribution in [3.63, 3.8) is 0 Å². The van der Waals surface area contributed by atoms with Gasteiger partial charge in [-0.1, -0.05) is 24.2 Å². The molecule has 2 amide bonds. The summed E-state index contributed by atoms with van der Waals surface area (Å²) in [5.41, 5.74) is 1.35. The number of aryl methyl sites for hydroxylation is 1. The van der Waals surface area contributed by atoms with Crippen LogP contribution in [0, 0.1) is 0 Å². The molecule has 1 saturated heterocycles. The van der Waals surface area contributed by atoms with Gasteiger partial charge in [0.25, 0.3) is 5.91 Å². The maximum absolute atomic E-state index is 12.3. The molecule has 1 aromatic heterocycles. The van der Waals surface area contributed by atoms with Crippen molar-refractivity contribution in [2.24, 2.45) is 12.0 Å². The van der Waals surface area contributed by atoms with E-state index in [1.165, 1.54) is 43.1 Å². The van der Waals surface area contributed by atoms with Gasteiger partial charge in [0.15, 0.2) is 4.80 Å². The van der Waals surface area contributed by atoms with Crippen LogP contribution in [-0.2, 0) is 21.4 Å². The Bertz CT molecular complexity index is 972. The fourth-order valence-electron chi connectivity index (χ4n) is 3.26. The van der Waals surface area contributed by atoms with Crippen LogP contribution in [0.4, 0.5) is 0 Å². The minimum absolute atomic E-state index is 0.104. The van der Waals surface area contributed by atoms with Crippen molar-refractivity contribution in [2.75, 3.05) is 31.7 Å². The number of ether oxygens (including phenoxy) is 1. The standard InChI is InChI=1S/C20H25N3O4S2/c1-22-15-8-7-14(19(26)27-2)11-16(15)29-20(22)21-17(24)12-28-13-18(25)23-9-5-3-4-6-10-23/h7-8,11H,3-6,9-10,12-13H2,1-2H3. The molecule has 2 heterocycles. The van der Waals surface area contributed by atoms with Gasteiger partial charge in [0.1, 0.15) is 0 Å². The number of hydrogen-bond acceptors (Lipinski definition) is 6. The van der Waals surface area contributed by atoms with Crippen LogP contribution >= 0.6 is 23.1 Å². The Labute approximate surface area is 177 Å². The van der Waals surface area contributed by atoms with Gasteiger partial charge in [-0.25, -0.2) is 4.79 Å². The first-order valence-electron chi connectivity index (χ1n) is 9.60. The average molecular weight is 436 g/mol. The van der Waals surface area contributed by atoms with Gasteiger partial charge in [-0.15, -0.1) is 11.8 Å². The molecular formula is C20H25N3O4S2. The van der Waals surface area contributed by atoms with Crippen LogP contribution in [0.2, 0.25) is 0 Å². The summed E-state index contributed by atoms with van der Waals surface area (Å²) in [7, 11) is 3.17. The first kappa shape index (κ1) is 21.6. The number of amides is 2. The van der Waals surface area contributed by atoms with E-state index in [0.717, 1.165) is 36.1 Å². The predicted octanol–water partition coefficient (Wildman–Crippen LogP) is 2.59. The number of methoxy groups -OCH3 is 1. The predicted molar refractivity (Wildman–Crippen MR) is 115 cm³/mol. The third-order valence-corrected chi connectivity index (χ3v) is 6.86. The fraction of sp³-hybridized carbons (Fsp3) is 0.500. The van der Waals surface area contributed by atoms with Crippen LogP contribution in [0.3, 0.4) is 0 Å². The van der Waals surface area contributed by atoms with E-state index in [-0.39, 0.29) is 17.6 Å². The lowest BCUT2D eigenvalue weighted by molar-refractivity contribution is -0.128. The molecule has 1 fully saturated rings. The van der Waals surface area contributed by atoms with Crippen molar-refractivity contribution >= 4 is 51.1 Å². The third-order valence-electron chi connectivity index (χ3n) is 4.86. The number of esters is 1. The molecule has 1 aliphatic rings. The number of thiazole rings is 1. The fourth-order valence-corrected chi connectivity index (χ4v) is 5.03. The number of thioether (sulfide) groups is 1. The number of nitrogens with zero attached hydrogens (tertiary/aromatic N) is 3. The summed E-state index contributed by atoms with van der Waals surface area (Å²) in [6, 6.07) is 5.25. The monoisotopic (exact) mass is 435 g/mol. The van der Waals surface area contributed by atoms with Crippen LogP contribution in [0.15, 0.2) is 23.2 Å². The average Bonchev–Trinajstić information content (AvgIpc) is 2.90. The molecule has 0 aliphatic carbocycles. The molecule has 0 spiro atoms. The van der Waals surface area contributed by atoms with Gasteiger partial charge in [-0.3, -0.25) is 9.59 Å². The molecule has 3 rings (SSSR count). The second-order valence-electron chi connectivity index (χ2n) is 6.91. The van der Waals surface area contributed by atoms with Crippen LogP contribution in [-0.4, -0.2) is 59.0 Å². The minimum Gasteiger partial charge on any atom is -0.465 e. The molecule has 29 heavy (non-hydrogen) atoms. The summed E-state index contributed by atoms with van der Waals surface area (Å²) in [6.45, 7) is 1.64. The van der Waals surface area contributed by atoms with Crippen LogP contribution < -0.4 is 4.80 Å². The van der Waals surface area contributed by atoms with Gasteiger partial charge < -0.3 is 14.2 Å². The number of carbonyl (C=O) groups is 3. The number of carbonyl (C=O) groups excluding carboxylic acids is 3. The van der Waals surface area contributed by atoms with E-state index in [1.54, 1.807) is 12.1 Å². The smallest absolute Gasteiger partial charge is 0.337 e. The molecule has 0 saturated carbocycles. The lowest BCUT2D eigenvalue weighted by Crippen LogP contribution is -2.33. The zero-order valence-electron chi connectivity index (χ0n) is 16.7. The molecule has 7 nitrogen and oxygen atoms in total. The van der Waals surface area contributed by atoms with Crippen molar-refractivity contribution in [2.45, 2.75) is 25.7 Å². The number of fused-ring (bicyclic) bond motifs is 1. The second-order valence-corrected chi connectivity index (χ2v) is 8.91. The Kier molecular flexibility index (Phi) is 7.49. The summed E-state index contributed by atoms with van der Waals surface area (Å²) in [6.07, 6.45) is 4.48. The lowest BCUT2D eigenvalue weighted by Gasteiger charge is -2.19. The Morgan fingerprint density at radius 2 is 1.86 bits per heavy atom. The molecule has 0 radical (unpaired) electrons. The molecule has 0 atom stereocenters. The van der Waals surface area contributed by atoms with Gasteiger partial charge in [0.2, 0.25) is 5.91 Å². The summed E-state index contributed by atoms with van der Waals surface area (Å²) < 4.78 is 7.43. The van der Waals surface area contributed by atoms with Crippen molar-refractivity contribution in [1.82, 2.24) is 9.47 Å². The molecule has 1 aliphatic heterocycles. The Morgan fingerprint density at radius 3 is 2.55 bits per heavy atom. The highest BCUT2D eigenvalue weighted by Gasteiger charge is 2.16. The van der Waals surface area contributed by atoms with Crippen LogP contribution in [0.5, 0.6) is 0 Å². The minimum atomic E-state index is -0.400. The molecular weight excluding hydrogens is 410 g/mol. The van der Waals surface area contributed by atoms with E-state index in [1.807, 2.05) is 22.6 Å². The molecule has 1 aromatic carbocycles. The van der Waals surface area contributed by atoms with Crippen molar-refractivity contribution in [3.8, 4) is 0 Å². The molecule has 0 unspecified atom stereocenters. The normalized spacial score (nSPS) is 15.4. The second kappa shape index (κ2) is 10.1. The number of likely N-dealkylation sites (tertiary alicyclic amines) is 1. The van der Waals surface area contributed by atoms with Crippen molar-refractivity contribution in [3.05, 3.63) is 28.6 Å². The van der Waals surface area contributed by atoms with Crippen molar-refractivity contribution < 1.29 is 19.1 Å². The zero-order chi connectivity index (χ0) is 20.8. The summed E-state index contributed by atoms with van der Waals surface area (Å²) in [5.74, 6) is -0.0896. The zero-order valence-corrected chi connectivity index (χ0v) is 18.3. The number of benzene rings is 1. The maximum Gasteiger partial charge on any atom is 0.337 e. The summed E-state index contributed by atoms with van der Waals surface area (Å²) >= 11 is 2.65. The SMILES string of the molecule is COC(=O)c1ccc2c(c1)sc(=NC(=O)CSCC(=O)N1CCCCCC1)n2C. The first-order valence-corrected chi connectivity index (χ1v) is 11.6. The Hall–Kier alpha value is -2.13. The Morgan fingerprint density at radius 1 is 1.14 bits per heavy atom. The highest BCUT2D eigenvalue weighted by molar-refractivity contribution is 8.00. The van der Waals surface area contributed by atoms with E-state index in [0.29, 0.717) is 16.1 Å². The number of hydrogen-bond donors (Lipinski definition) is 0. The molecule has 0 bridgehead atoms. The largest absolute Gasteiger partial charge is 0.465 e. The maximum atomic E-state index is 12.3. The third kappa shape index (κ3) is 5.48. The Balaban J connectivity index is 1.62. The van der Waals surface area contributed by atoms with E-state index in [2.05, 4.69) is 4.99 Å². The van der Waals surface area contributed by atoms with E-state index in [4.69, 9.17) is 4.74 Å². The van der Waals surface area contributed by atoms with Gasteiger partial charge in [0, 0.05) is 20.1 Å². The topological polar surface area (TPSA) is 81.0 Å². The highest BCUT2D eigenvalue weighted by Crippen LogP contribution is 2.19. The molecule has 9 heteroatoms. The summed E-state index contributed by atoms with van der Waals surface area (Å²) in [4.78, 5) is 42.9. The quantitative estimate of drug-likeness (QED) is 0.675. The first-order chi connectivity index (χ1) is 14.0. The van der Waals surface area contributed by atoms with Crippen LogP contribution in [0.25, 0.3) is 10.2 Å². The lowest BCUT2D eigenvalue weighted by atomic mass is 10.2. The van der Waals surface area contributed by atoms with Gasteiger partial charge in [-0.2, -0.15) is 4.99 Å². The van der Waals surface area contributed by atoms with Crippen molar-refractivity contribution in [1.29, 1.82) is 0 Å².